The second-order valence-corrected chi connectivity index (χ2v) is 7.13. The second kappa shape index (κ2) is 8.52. The van der Waals surface area contributed by atoms with Crippen molar-refractivity contribution in [2.45, 2.75) is 33.1 Å². The molecule has 1 aliphatic rings. The second-order valence-electron chi connectivity index (χ2n) is 7.13. The maximum atomic E-state index is 13.7. The number of esters is 1. The first-order valence-corrected chi connectivity index (χ1v) is 9.48. The van der Waals surface area contributed by atoms with E-state index in [0.717, 1.165) is 19.5 Å². The van der Waals surface area contributed by atoms with Crippen LogP contribution in [0.2, 0.25) is 0 Å². The third-order valence-corrected chi connectivity index (χ3v) is 4.90. The van der Waals surface area contributed by atoms with Gasteiger partial charge < -0.3 is 19.9 Å². The predicted octanol–water partition coefficient (Wildman–Crippen LogP) is 3.54. The smallest absolute Gasteiger partial charge is 0.356 e. The fourth-order valence-electron chi connectivity index (χ4n) is 3.60. The number of rotatable bonds is 6. The van der Waals surface area contributed by atoms with Crippen molar-refractivity contribution in [3.8, 4) is 0 Å². The molecule has 0 spiro atoms. The van der Waals surface area contributed by atoms with Crippen molar-refractivity contribution >= 4 is 28.5 Å². The first-order valence-electron chi connectivity index (χ1n) is 9.48. The number of aromatic nitrogens is 1. The third kappa shape index (κ3) is 4.66. The normalized spacial score (nSPS) is 17.8. The number of benzene rings is 1. The number of amides is 1. The van der Waals surface area contributed by atoms with Crippen LogP contribution in [-0.2, 0) is 9.53 Å². The Kier molecular flexibility index (Phi) is 6.11. The Morgan fingerprint density at radius 2 is 2.22 bits per heavy atom. The summed E-state index contributed by atoms with van der Waals surface area (Å²) in [5.41, 5.74) is 0.983. The number of piperidine rings is 1. The highest BCUT2D eigenvalue weighted by Crippen LogP contribution is 2.29. The molecule has 1 fully saturated rings. The lowest BCUT2D eigenvalue weighted by Gasteiger charge is -2.30. The van der Waals surface area contributed by atoms with Gasteiger partial charge in [-0.15, -0.1) is 0 Å². The molecule has 1 aliphatic heterocycles. The molecule has 27 heavy (non-hydrogen) atoms. The molecular weight excluding hydrogens is 349 g/mol. The number of hydrogen-bond donors (Lipinski definition) is 2. The number of carbonyl (C=O) groups excluding carboxylic acids is 2. The number of hydrogen-bond acceptors (Lipinski definition) is 4. The van der Waals surface area contributed by atoms with E-state index in [-0.39, 0.29) is 23.9 Å². The van der Waals surface area contributed by atoms with Crippen LogP contribution in [-0.4, -0.2) is 48.0 Å². The molecule has 7 heteroatoms. The lowest BCUT2D eigenvalue weighted by Crippen LogP contribution is -2.36. The number of anilines is 1. The Labute approximate surface area is 158 Å². The summed E-state index contributed by atoms with van der Waals surface area (Å²) in [6, 6.07) is 4.14. The van der Waals surface area contributed by atoms with E-state index in [1.807, 2.05) is 0 Å². The van der Waals surface area contributed by atoms with Crippen LogP contribution in [0.15, 0.2) is 18.2 Å². The van der Waals surface area contributed by atoms with E-state index in [1.54, 1.807) is 6.92 Å². The molecule has 2 aromatic rings. The average Bonchev–Trinajstić information content (AvgIpc) is 2.98. The van der Waals surface area contributed by atoms with E-state index in [2.05, 4.69) is 22.1 Å². The molecule has 1 amide bonds. The van der Waals surface area contributed by atoms with Crippen molar-refractivity contribution in [2.24, 2.45) is 5.92 Å². The molecule has 2 heterocycles. The Hall–Kier alpha value is -2.41. The van der Waals surface area contributed by atoms with Crippen molar-refractivity contribution in [1.82, 2.24) is 9.88 Å². The number of likely N-dealkylation sites (tertiary alicyclic amines) is 1. The fourth-order valence-corrected chi connectivity index (χ4v) is 3.60. The minimum atomic E-state index is -0.575. The standard InChI is InChI=1S/C20H26FN3O3/c1-3-27-20(26)19-18(15-11-14(21)6-7-16(15)22-19)23-17(25)8-10-24-9-4-5-13(2)12-24/h6-7,11,13,22H,3-5,8-10,12H2,1-2H3,(H,23,25)/t13-/m0/s1. The van der Waals surface area contributed by atoms with Crippen LogP contribution in [0, 0.1) is 11.7 Å². The van der Waals surface area contributed by atoms with Gasteiger partial charge in [-0.25, -0.2) is 9.18 Å². The number of carbonyl (C=O) groups is 2. The summed E-state index contributed by atoms with van der Waals surface area (Å²) in [4.78, 5) is 29.9. The maximum Gasteiger partial charge on any atom is 0.356 e. The minimum Gasteiger partial charge on any atom is -0.461 e. The molecule has 0 bridgehead atoms. The highest BCUT2D eigenvalue weighted by Gasteiger charge is 2.22. The van der Waals surface area contributed by atoms with Crippen molar-refractivity contribution in [3.05, 3.63) is 29.7 Å². The van der Waals surface area contributed by atoms with Gasteiger partial charge >= 0.3 is 5.97 Å². The number of nitrogens with one attached hydrogen (secondary N) is 2. The van der Waals surface area contributed by atoms with E-state index in [9.17, 15) is 14.0 Å². The SMILES string of the molecule is CCOC(=O)c1[nH]c2ccc(F)cc2c1NC(=O)CCN1CCC[C@H](C)C1. The monoisotopic (exact) mass is 375 g/mol. The lowest BCUT2D eigenvalue weighted by atomic mass is 10.0. The first kappa shape index (κ1) is 19.4. The summed E-state index contributed by atoms with van der Waals surface area (Å²) in [6.45, 7) is 6.81. The Morgan fingerprint density at radius 1 is 1.41 bits per heavy atom. The first-order chi connectivity index (χ1) is 13.0. The molecule has 0 radical (unpaired) electrons. The van der Waals surface area contributed by atoms with Crippen LogP contribution in [0.1, 0.15) is 43.6 Å². The third-order valence-electron chi connectivity index (χ3n) is 4.90. The van der Waals surface area contributed by atoms with Crippen LogP contribution < -0.4 is 5.32 Å². The van der Waals surface area contributed by atoms with Crippen LogP contribution in [0.5, 0.6) is 0 Å². The zero-order chi connectivity index (χ0) is 19.4. The molecular formula is C20H26FN3O3. The molecule has 6 nitrogen and oxygen atoms in total. The highest BCUT2D eigenvalue weighted by atomic mass is 19.1. The molecule has 0 aliphatic carbocycles. The Morgan fingerprint density at radius 3 is 2.96 bits per heavy atom. The van der Waals surface area contributed by atoms with Gasteiger partial charge in [-0.2, -0.15) is 0 Å². The van der Waals surface area contributed by atoms with Crippen molar-refractivity contribution in [3.63, 3.8) is 0 Å². The van der Waals surface area contributed by atoms with Gasteiger partial charge in [0.25, 0.3) is 0 Å². The number of H-pyrrole nitrogens is 1. The van der Waals surface area contributed by atoms with Gasteiger partial charge in [0, 0.05) is 30.4 Å². The number of aromatic amines is 1. The van der Waals surface area contributed by atoms with E-state index in [1.165, 1.54) is 24.6 Å². The number of fused-ring (bicyclic) bond motifs is 1. The summed E-state index contributed by atoms with van der Waals surface area (Å²) in [5, 5.41) is 3.24. The lowest BCUT2D eigenvalue weighted by molar-refractivity contribution is -0.116. The van der Waals surface area contributed by atoms with Crippen molar-refractivity contribution in [1.29, 1.82) is 0 Å². The number of halogens is 1. The fraction of sp³-hybridized carbons (Fsp3) is 0.500. The van der Waals surface area contributed by atoms with Gasteiger partial charge in [0.2, 0.25) is 5.91 Å². The average molecular weight is 375 g/mol. The molecule has 0 saturated carbocycles. The summed E-state index contributed by atoms with van der Waals surface area (Å²) >= 11 is 0. The molecule has 1 atom stereocenters. The number of ether oxygens (including phenoxy) is 1. The Balaban J connectivity index is 1.75. The van der Waals surface area contributed by atoms with Gasteiger partial charge in [0.15, 0.2) is 0 Å². The predicted molar refractivity (Wildman–Crippen MR) is 102 cm³/mol. The topological polar surface area (TPSA) is 74.4 Å². The summed E-state index contributed by atoms with van der Waals surface area (Å²) < 4.78 is 18.7. The molecule has 1 aromatic heterocycles. The van der Waals surface area contributed by atoms with E-state index >= 15 is 0 Å². The zero-order valence-corrected chi connectivity index (χ0v) is 15.8. The molecule has 146 valence electrons. The number of nitrogens with zero attached hydrogens (tertiary/aromatic N) is 1. The largest absolute Gasteiger partial charge is 0.461 e. The van der Waals surface area contributed by atoms with Crippen LogP contribution in [0.25, 0.3) is 10.9 Å². The molecule has 1 aromatic carbocycles. The van der Waals surface area contributed by atoms with Gasteiger partial charge in [-0.3, -0.25) is 4.79 Å². The quantitative estimate of drug-likeness (QED) is 0.758. The van der Waals surface area contributed by atoms with Gasteiger partial charge in [0.1, 0.15) is 11.5 Å². The Bertz CT molecular complexity index is 833. The van der Waals surface area contributed by atoms with Crippen LogP contribution in [0.4, 0.5) is 10.1 Å². The van der Waals surface area contributed by atoms with Crippen LogP contribution in [0.3, 0.4) is 0 Å². The zero-order valence-electron chi connectivity index (χ0n) is 15.8. The summed E-state index contributed by atoms with van der Waals surface area (Å²) in [7, 11) is 0. The van der Waals surface area contributed by atoms with Crippen LogP contribution >= 0.6 is 0 Å². The molecule has 1 saturated heterocycles. The highest BCUT2D eigenvalue weighted by molar-refractivity contribution is 6.11. The van der Waals surface area contributed by atoms with E-state index < -0.39 is 11.8 Å². The molecule has 3 rings (SSSR count). The summed E-state index contributed by atoms with van der Waals surface area (Å²) in [5.74, 6) is -0.568. The molecule has 0 unspecified atom stereocenters. The summed E-state index contributed by atoms with van der Waals surface area (Å²) in [6.07, 6.45) is 2.70. The minimum absolute atomic E-state index is 0.136. The van der Waals surface area contributed by atoms with Gasteiger partial charge in [-0.05, 0) is 50.4 Å². The van der Waals surface area contributed by atoms with Crippen molar-refractivity contribution in [2.75, 3.05) is 31.6 Å². The van der Waals surface area contributed by atoms with E-state index in [0.29, 0.717) is 29.8 Å². The van der Waals surface area contributed by atoms with Gasteiger partial charge in [-0.1, -0.05) is 6.92 Å². The van der Waals surface area contributed by atoms with E-state index in [4.69, 9.17) is 4.74 Å². The van der Waals surface area contributed by atoms with Gasteiger partial charge in [0.05, 0.1) is 12.3 Å². The maximum absolute atomic E-state index is 13.7. The molecule has 2 N–H and O–H groups in total. The van der Waals surface area contributed by atoms with Crippen molar-refractivity contribution < 1.29 is 18.7 Å².